The SMILES string of the molecule is O.O.O.[Cr].c1ccncc1. The van der Waals surface area contributed by atoms with Gasteiger partial charge < -0.3 is 16.4 Å². The van der Waals surface area contributed by atoms with Crippen LogP contribution in [0.4, 0.5) is 0 Å². The Labute approximate surface area is 70.0 Å². The summed E-state index contributed by atoms with van der Waals surface area (Å²) in [6.07, 6.45) is 3.50. The summed E-state index contributed by atoms with van der Waals surface area (Å²) in [5.41, 5.74) is 0. The molecule has 0 aromatic carbocycles. The summed E-state index contributed by atoms with van der Waals surface area (Å²) in [4.78, 5) is 3.78. The van der Waals surface area contributed by atoms with Crippen molar-refractivity contribution in [1.29, 1.82) is 0 Å². The molecule has 0 saturated carbocycles. The van der Waals surface area contributed by atoms with E-state index in [1.54, 1.807) is 12.4 Å². The first-order valence-electron chi connectivity index (χ1n) is 1.85. The summed E-state index contributed by atoms with van der Waals surface area (Å²) >= 11 is 0. The minimum atomic E-state index is 0. The monoisotopic (exact) mass is 185 g/mol. The molecule has 4 nitrogen and oxygen atoms in total. The zero-order valence-electron chi connectivity index (χ0n) is 5.24. The third-order valence-electron chi connectivity index (χ3n) is 0.566. The molecule has 0 unspecified atom stereocenters. The van der Waals surface area contributed by atoms with Crippen molar-refractivity contribution >= 4 is 0 Å². The molecule has 0 aliphatic heterocycles. The van der Waals surface area contributed by atoms with Crippen molar-refractivity contribution < 1.29 is 33.8 Å². The van der Waals surface area contributed by atoms with E-state index in [0.717, 1.165) is 0 Å². The van der Waals surface area contributed by atoms with Crippen LogP contribution in [-0.4, -0.2) is 21.4 Å². The van der Waals surface area contributed by atoms with Gasteiger partial charge in [-0.05, 0) is 12.1 Å². The molecule has 0 radical (unpaired) electrons. The van der Waals surface area contributed by atoms with Crippen molar-refractivity contribution in [3.8, 4) is 0 Å². The van der Waals surface area contributed by atoms with E-state index in [4.69, 9.17) is 0 Å². The maximum atomic E-state index is 3.78. The number of nitrogens with zero attached hydrogens (tertiary/aromatic N) is 1. The van der Waals surface area contributed by atoms with Crippen molar-refractivity contribution in [2.45, 2.75) is 0 Å². The zero-order chi connectivity index (χ0) is 4.24. The standard InChI is InChI=1S/C5H5N.Cr.3H2O/c1-2-4-6-5-3-1;;;;/h1-5H;;3*1H2. The van der Waals surface area contributed by atoms with Crippen LogP contribution in [0, 0.1) is 0 Å². The molecule has 60 valence electrons. The largest absolute Gasteiger partial charge is 0.412 e. The molecule has 0 aliphatic carbocycles. The van der Waals surface area contributed by atoms with Gasteiger partial charge in [-0.1, -0.05) is 6.07 Å². The summed E-state index contributed by atoms with van der Waals surface area (Å²) in [7, 11) is 0. The Morgan fingerprint density at radius 3 is 1.20 bits per heavy atom. The minimum absolute atomic E-state index is 0. The van der Waals surface area contributed by atoms with Crippen LogP contribution in [0.25, 0.3) is 0 Å². The van der Waals surface area contributed by atoms with Gasteiger partial charge in [0.2, 0.25) is 0 Å². The predicted octanol–water partition coefficient (Wildman–Crippen LogP) is -1.40. The van der Waals surface area contributed by atoms with E-state index >= 15 is 0 Å². The number of pyridine rings is 1. The zero-order valence-corrected chi connectivity index (χ0v) is 6.52. The third kappa shape index (κ3) is 10.5. The first kappa shape index (κ1) is 22.7. The molecule has 1 heterocycles. The fourth-order valence-electron chi connectivity index (χ4n) is 0.313. The molecule has 1 rings (SSSR count). The molecule has 5 heteroatoms. The van der Waals surface area contributed by atoms with E-state index in [1.807, 2.05) is 18.2 Å². The number of hydrogen-bond donors (Lipinski definition) is 0. The topological polar surface area (TPSA) is 107 Å². The molecule has 1 aromatic rings. The molecular formula is C5H11CrNO3. The molecule has 10 heavy (non-hydrogen) atoms. The maximum absolute atomic E-state index is 3.78. The minimum Gasteiger partial charge on any atom is -0.412 e. The first-order valence-corrected chi connectivity index (χ1v) is 1.85. The Morgan fingerprint density at radius 2 is 1.10 bits per heavy atom. The molecule has 0 amide bonds. The second kappa shape index (κ2) is 15.8. The Kier molecular flexibility index (Phi) is 35.9. The van der Waals surface area contributed by atoms with Crippen LogP contribution in [0.1, 0.15) is 0 Å². The summed E-state index contributed by atoms with van der Waals surface area (Å²) in [5, 5.41) is 0. The van der Waals surface area contributed by atoms with Crippen molar-refractivity contribution in [1.82, 2.24) is 4.98 Å². The van der Waals surface area contributed by atoms with Gasteiger partial charge in [0.25, 0.3) is 0 Å². The summed E-state index contributed by atoms with van der Waals surface area (Å²) < 4.78 is 0. The van der Waals surface area contributed by atoms with Crippen molar-refractivity contribution in [3.63, 3.8) is 0 Å². The second-order valence-electron chi connectivity index (χ2n) is 1.02. The first-order chi connectivity index (χ1) is 3.00. The number of rotatable bonds is 0. The predicted molar refractivity (Wildman–Crippen MR) is 35.1 cm³/mol. The molecule has 0 bridgehead atoms. The summed E-state index contributed by atoms with van der Waals surface area (Å²) in [5.74, 6) is 0. The second-order valence-corrected chi connectivity index (χ2v) is 1.02. The van der Waals surface area contributed by atoms with Gasteiger partial charge in [0.1, 0.15) is 0 Å². The van der Waals surface area contributed by atoms with Gasteiger partial charge in [-0.15, -0.1) is 0 Å². The molecule has 1 aromatic heterocycles. The quantitative estimate of drug-likeness (QED) is 0.487. The Morgan fingerprint density at radius 1 is 0.700 bits per heavy atom. The van der Waals surface area contributed by atoms with Crippen molar-refractivity contribution in [2.24, 2.45) is 0 Å². The molecule has 6 N–H and O–H groups in total. The van der Waals surface area contributed by atoms with E-state index in [9.17, 15) is 0 Å². The van der Waals surface area contributed by atoms with E-state index in [0.29, 0.717) is 0 Å². The molecule has 0 atom stereocenters. The van der Waals surface area contributed by atoms with Crippen LogP contribution >= 0.6 is 0 Å². The van der Waals surface area contributed by atoms with Crippen LogP contribution in [0.2, 0.25) is 0 Å². The van der Waals surface area contributed by atoms with Crippen LogP contribution in [0.15, 0.2) is 30.6 Å². The van der Waals surface area contributed by atoms with Crippen LogP contribution in [-0.2, 0) is 17.4 Å². The smallest absolute Gasteiger partial charge is 0.0267 e. The molecule has 0 aliphatic rings. The fourth-order valence-corrected chi connectivity index (χ4v) is 0.313. The van der Waals surface area contributed by atoms with Gasteiger partial charge in [0, 0.05) is 29.8 Å². The third-order valence-corrected chi connectivity index (χ3v) is 0.566. The van der Waals surface area contributed by atoms with Crippen molar-refractivity contribution in [3.05, 3.63) is 30.6 Å². The average Bonchev–Trinajstić information content (AvgIpc) is 1.72. The number of aromatic nitrogens is 1. The van der Waals surface area contributed by atoms with Gasteiger partial charge in [-0.25, -0.2) is 0 Å². The molecule has 0 saturated heterocycles. The summed E-state index contributed by atoms with van der Waals surface area (Å²) in [6.45, 7) is 0. The molecule has 0 spiro atoms. The van der Waals surface area contributed by atoms with Gasteiger partial charge in [-0.3, -0.25) is 4.98 Å². The Hall–Kier alpha value is -0.438. The van der Waals surface area contributed by atoms with E-state index in [2.05, 4.69) is 4.98 Å². The van der Waals surface area contributed by atoms with Gasteiger partial charge in [0.15, 0.2) is 0 Å². The van der Waals surface area contributed by atoms with Gasteiger partial charge in [-0.2, -0.15) is 0 Å². The van der Waals surface area contributed by atoms with Crippen LogP contribution < -0.4 is 0 Å². The van der Waals surface area contributed by atoms with Crippen LogP contribution in [0.3, 0.4) is 0 Å². The van der Waals surface area contributed by atoms with E-state index < -0.39 is 0 Å². The Balaban J connectivity index is -0.0000000450. The molecule has 0 fully saturated rings. The number of hydrogen-bond acceptors (Lipinski definition) is 1. The summed E-state index contributed by atoms with van der Waals surface area (Å²) in [6, 6.07) is 5.72. The maximum Gasteiger partial charge on any atom is 0.0267 e. The van der Waals surface area contributed by atoms with E-state index in [1.165, 1.54) is 0 Å². The van der Waals surface area contributed by atoms with Crippen LogP contribution in [0.5, 0.6) is 0 Å². The fraction of sp³-hybridized carbons (Fsp3) is 0. The Bertz CT molecular complexity index is 88.8. The molecular weight excluding hydrogens is 174 g/mol. The normalized spacial score (nSPS) is 4.80. The average molecular weight is 185 g/mol. The van der Waals surface area contributed by atoms with Gasteiger partial charge >= 0.3 is 0 Å². The van der Waals surface area contributed by atoms with E-state index in [-0.39, 0.29) is 33.8 Å². The van der Waals surface area contributed by atoms with Crippen molar-refractivity contribution in [2.75, 3.05) is 0 Å². The van der Waals surface area contributed by atoms with Gasteiger partial charge in [0.05, 0.1) is 0 Å².